The van der Waals surface area contributed by atoms with Gasteiger partial charge in [0.25, 0.3) is 0 Å². The summed E-state index contributed by atoms with van der Waals surface area (Å²) in [6.45, 7) is 7.00. The third kappa shape index (κ3) is 1.04. The Labute approximate surface area is 147 Å². The van der Waals surface area contributed by atoms with Crippen molar-refractivity contribution in [1.82, 2.24) is 4.90 Å². The number of fused-ring (bicyclic) bond motifs is 1. The predicted octanol–water partition coefficient (Wildman–Crippen LogP) is 0.0840. The lowest BCUT2D eigenvalue weighted by Crippen LogP contribution is -2.70. The number of rotatable bonds is 0. The van der Waals surface area contributed by atoms with Crippen LogP contribution in [0.1, 0.15) is 32.6 Å². The Bertz CT molecular complexity index is 756. The first kappa shape index (κ1) is 14.6. The van der Waals surface area contributed by atoms with Gasteiger partial charge in [0.2, 0.25) is 0 Å². The lowest BCUT2D eigenvalue weighted by atomic mass is 9.39. The van der Waals surface area contributed by atoms with Crippen molar-refractivity contribution in [3.05, 3.63) is 12.2 Å². The van der Waals surface area contributed by atoms with Crippen LogP contribution in [-0.4, -0.2) is 61.9 Å². The number of hydrogen-bond donors (Lipinski definition) is 4. The van der Waals surface area contributed by atoms with E-state index in [9.17, 15) is 20.4 Å². The molecular formula is C20H27NO4. The van der Waals surface area contributed by atoms with E-state index < -0.39 is 29.5 Å². The maximum absolute atomic E-state index is 11.9. The average molecular weight is 345 g/mol. The van der Waals surface area contributed by atoms with Crippen LogP contribution in [0.15, 0.2) is 12.2 Å². The zero-order valence-electron chi connectivity index (χ0n) is 14.6. The molecule has 4 N–H and O–H groups in total. The summed E-state index contributed by atoms with van der Waals surface area (Å²) >= 11 is 0. The van der Waals surface area contributed by atoms with Gasteiger partial charge in [-0.1, -0.05) is 19.1 Å². The Hall–Kier alpha value is -0.460. The van der Waals surface area contributed by atoms with Crippen LogP contribution >= 0.6 is 0 Å². The average Bonchev–Trinajstić information content (AvgIpc) is 2.88. The standard InChI is InChI=1S/C20H27NO4/c1-8-4-18-6-20(25)16-17(2)7-21(20)14-10(18)3-9(8)12(23)13(18)19(14,16)5-11(22)15(17)24/h9-16,22-25H,1,3-7H2,2H3/t9-,10-,11-,12-,13-,14-,15+,16-,17-,18-,19+,20-/m1/s1. The smallest absolute Gasteiger partial charge is 0.123 e. The van der Waals surface area contributed by atoms with Crippen molar-refractivity contribution in [1.29, 1.82) is 0 Å². The molecule has 0 aromatic heterocycles. The van der Waals surface area contributed by atoms with Gasteiger partial charge in [-0.3, -0.25) is 4.90 Å². The van der Waals surface area contributed by atoms with Gasteiger partial charge < -0.3 is 20.4 Å². The van der Waals surface area contributed by atoms with E-state index in [2.05, 4.69) is 18.4 Å². The van der Waals surface area contributed by atoms with E-state index in [0.29, 0.717) is 25.3 Å². The van der Waals surface area contributed by atoms with E-state index in [1.54, 1.807) is 0 Å². The summed E-state index contributed by atoms with van der Waals surface area (Å²) in [6.07, 6.45) is 1.20. The molecule has 25 heavy (non-hydrogen) atoms. The van der Waals surface area contributed by atoms with Crippen LogP contribution in [0, 0.1) is 39.9 Å². The SMILES string of the molecule is C=C1C[C@@]23C[C@@]4(O)[C@@H]5[C@]6(C)CN4[C@@H]4[C@H]2C[C@H]1[C@@H](O)[C@H]3[C@]54C[C@@H](O)[C@@H]6O. The molecule has 6 aliphatic carbocycles. The molecule has 0 aromatic carbocycles. The summed E-state index contributed by atoms with van der Waals surface area (Å²) in [4.78, 5) is 2.30. The zero-order valence-corrected chi connectivity index (χ0v) is 14.6. The highest BCUT2D eigenvalue weighted by Gasteiger charge is 2.93. The van der Waals surface area contributed by atoms with Crippen LogP contribution in [-0.2, 0) is 0 Å². The van der Waals surface area contributed by atoms with Crippen molar-refractivity contribution in [2.24, 2.45) is 39.9 Å². The van der Waals surface area contributed by atoms with E-state index in [1.807, 2.05) is 0 Å². The Morgan fingerprint density at radius 3 is 2.76 bits per heavy atom. The molecule has 2 spiro atoms. The summed E-state index contributed by atoms with van der Waals surface area (Å²) in [5, 5.41) is 44.8. The molecule has 0 aromatic rings. The second kappa shape index (κ2) is 3.49. The van der Waals surface area contributed by atoms with Gasteiger partial charge in [0.15, 0.2) is 0 Å². The molecule has 0 radical (unpaired) electrons. The van der Waals surface area contributed by atoms with Crippen LogP contribution in [0.5, 0.6) is 0 Å². The first-order valence-corrected chi connectivity index (χ1v) is 9.93. The Kier molecular flexibility index (Phi) is 2.04. The fourth-order valence-electron chi connectivity index (χ4n) is 10.6. The monoisotopic (exact) mass is 345 g/mol. The Morgan fingerprint density at radius 1 is 1.24 bits per heavy atom. The molecule has 5 heteroatoms. The molecule has 5 nitrogen and oxygen atoms in total. The molecule has 9 rings (SSSR count). The van der Waals surface area contributed by atoms with E-state index in [1.165, 1.54) is 5.57 Å². The van der Waals surface area contributed by atoms with E-state index >= 15 is 0 Å². The summed E-state index contributed by atoms with van der Waals surface area (Å²) in [5.74, 6) is 0.766. The van der Waals surface area contributed by atoms with E-state index in [4.69, 9.17) is 0 Å². The molecular weight excluding hydrogens is 318 g/mol. The molecule has 9 fully saturated rings. The van der Waals surface area contributed by atoms with Crippen molar-refractivity contribution in [3.63, 3.8) is 0 Å². The molecule has 3 aliphatic heterocycles. The lowest BCUT2D eigenvalue weighted by Gasteiger charge is -2.66. The second-order valence-corrected chi connectivity index (χ2v) is 10.9. The third-order valence-electron chi connectivity index (χ3n) is 10.4. The molecule has 13 atom stereocenters. The van der Waals surface area contributed by atoms with Crippen LogP contribution in [0.4, 0.5) is 0 Å². The maximum atomic E-state index is 11.9. The van der Waals surface area contributed by atoms with E-state index in [0.717, 1.165) is 12.8 Å². The number of aliphatic hydroxyl groups excluding tert-OH is 3. The van der Waals surface area contributed by atoms with Crippen molar-refractivity contribution < 1.29 is 20.4 Å². The summed E-state index contributed by atoms with van der Waals surface area (Å²) < 4.78 is 0. The van der Waals surface area contributed by atoms with Crippen molar-refractivity contribution in [3.8, 4) is 0 Å². The van der Waals surface area contributed by atoms with Crippen LogP contribution in [0.2, 0.25) is 0 Å². The quantitative estimate of drug-likeness (QED) is 0.468. The van der Waals surface area contributed by atoms with Crippen molar-refractivity contribution in [2.75, 3.05) is 6.54 Å². The van der Waals surface area contributed by atoms with Crippen LogP contribution in [0.25, 0.3) is 0 Å². The molecule has 3 saturated heterocycles. The highest BCUT2D eigenvalue weighted by Crippen LogP contribution is 2.88. The number of piperidine rings is 2. The van der Waals surface area contributed by atoms with E-state index in [-0.39, 0.29) is 34.6 Å². The zero-order chi connectivity index (χ0) is 17.3. The lowest BCUT2D eigenvalue weighted by molar-refractivity contribution is -0.265. The number of aliphatic hydroxyl groups is 4. The van der Waals surface area contributed by atoms with Gasteiger partial charge in [-0.25, -0.2) is 0 Å². The highest BCUT2D eigenvalue weighted by atomic mass is 16.3. The van der Waals surface area contributed by atoms with Crippen molar-refractivity contribution in [2.45, 2.75) is 62.7 Å². The largest absolute Gasteiger partial charge is 0.392 e. The third-order valence-corrected chi connectivity index (χ3v) is 10.4. The summed E-state index contributed by atoms with van der Waals surface area (Å²) in [6, 6.07) is 0.254. The van der Waals surface area contributed by atoms with Gasteiger partial charge in [-0.15, -0.1) is 0 Å². The molecule has 3 heterocycles. The fraction of sp³-hybridized carbons (Fsp3) is 0.900. The fourth-order valence-corrected chi connectivity index (χ4v) is 10.6. The topological polar surface area (TPSA) is 84.2 Å². The van der Waals surface area contributed by atoms with Gasteiger partial charge in [0.05, 0.1) is 18.3 Å². The molecule has 9 bridgehead atoms. The Morgan fingerprint density at radius 2 is 2.00 bits per heavy atom. The molecule has 6 saturated carbocycles. The molecule has 9 aliphatic rings. The minimum Gasteiger partial charge on any atom is -0.392 e. The number of hydrogen-bond acceptors (Lipinski definition) is 5. The van der Waals surface area contributed by atoms with Crippen LogP contribution in [0.3, 0.4) is 0 Å². The molecule has 136 valence electrons. The maximum Gasteiger partial charge on any atom is 0.123 e. The summed E-state index contributed by atoms with van der Waals surface area (Å²) in [5.41, 5.74) is -0.498. The van der Waals surface area contributed by atoms with Gasteiger partial charge in [-0.2, -0.15) is 0 Å². The van der Waals surface area contributed by atoms with Gasteiger partial charge in [0.1, 0.15) is 5.72 Å². The molecule has 1 unspecified atom stereocenters. The first-order chi connectivity index (χ1) is 11.7. The van der Waals surface area contributed by atoms with Gasteiger partial charge in [0, 0.05) is 35.3 Å². The molecule has 0 amide bonds. The second-order valence-electron chi connectivity index (χ2n) is 10.9. The minimum absolute atomic E-state index is 0.0428. The normalized spacial score (nSPS) is 76.5. The number of nitrogens with zero attached hydrogens (tertiary/aromatic N) is 1. The highest BCUT2D eigenvalue weighted by molar-refractivity contribution is 5.43. The minimum atomic E-state index is -0.877. The van der Waals surface area contributed by atoms with Gasteiger partial charge in [-0.05, 0) is 42.9 Å². The summed E-state index contributed by atoms with van der Waals surface area (Å²) in [7, 11) is 0. The Balaban J connectivity index is 1.54. The van der Waals surface area contributed by atoms with Gasteiger partial charge >= 0.3 is 0 Å². The first-order valence-electron chi connectivity index (χ1n) is 9.93. The van der Waals surface area contributed by atoms with Crippen LogP contribution < -0.4 is 0 Å². The van der Waals surface area contributed by atoms with Crippen molar-refractivity contribution >= 4 is 0 Å². The predicted molar refractivity (Wildman–Crippen MR) is 88.0 cm³/mol.